The van der Waals surface area contributed by atoms with Crippen molar-refractivity contribution in [2.75, 3.05) is 0 Å². The number of carbonyl (C=O) groups is 1. The van der Waals surface area contributed by atoms with Crippen molar-refractivity contribution in [3.05, 3.63) is 29.8 Å². The van der Waals surface area contributed by atoms with E-state index < -0.39 is 10.0 Å². The summed E-state index contributed by atoms with van der Waals surface area (Å²) in [5.41, 5.74) is 0.379. The van der Waals surface area contributed by atoms with E-state index in [4.69, 9.17) is 0 Å². The monoisotopic (exact) mass is 296 g/mol. The van der Waals surface area contributed by atoms with Crippen LogP contribution in [0.4, 0.5) is 0 Å². The van der Waals surface area contributed by atoms with Crippen LogP contribution in [0.3, 0.4) is 0 Å². The number of carbonyl (C=O) groups excluding carboxylic acids is 1. The zero-order valence-electron chi connectivity index (χ0n) is 11.7. The fourth-order valence-electron chi connectivity index (χ4n) is 1.72. The van der Waals surface area contributed by atoms with E-state index in [1.54, 1.807) is 19.1 Å². The Kier molecular flexibility index (Phi) is 4.45. The van der Waals surface area contributed by atoms with Crippen LogP contribution in [0.2, 0.25) is 0 Å². The Balaban J connectivity index is 2.17. The average molecular weight is 296 g/mol. The van der Waals surface area contributed by atoms with Crippen LogP contribution in [0.25, 0.3) is 0 Å². The lowest BCUT2D eigenvalue weighted by molar-refractivity contribution is 0.0951. The highest BCUT2D eigenvalue weighted by Gasteiger charge is 2.24. The van der Waals surface area contributed by atoms with E-state index in [9.17, 15) is 13.2 Å². The third kappa shape index (κ3) is 3.80. The lowest BCUT2D eigenvalue weighted by atomic mass is 10.2. The molecule has 2 rings (SSSR count). The van der Waals surface area contributed by atoms with Gasteiger partial charge in [-0.15, -0.1) is 0 Å². The first-order valence-corrected chi connectivity index (χ1v) is 8.34. The fraction of sp³-hybridized carbons (Fsp3) is 0.500. The lowest BCUT2D eigenvalue weighted by Gasteiger charge is -2.12. The summed E-state index contributed by atoms with van der Waals surface area (Å²) >= 11 is 0. The van der Waals surface area contributed by atoms with Gasteiger partial charge in [-0.3, -0.25) is 4.79 Å². The summed E-state index contributed by atoms with van der Waals surface area (Å²) in [4.78, 5) is 12.1. The van der Waals surface area contributed by atoms with Gasteiger partial charge in [-0.05, 0) is 44.4 Å². The van der Waals surface area contributed by atoms with Gasteiger partial charge in [0.1, 0.15) is 0 Å². The molecule has 0 heterocycles. The van der Waals surface area contributed by atoms with Gasteiger partial charge in [0.15, 0.2) is 0 Å². The third-order valence-electron chi connectivity index (χ3n) is 3.29. The molecule has 1 aromatic rings. The van der Waals surface area contributed by atoms with Crippen LogP contribution in [0.15, 0.2) is 29.2 Å². The molecule has 1 saturated carbocycles. The summed E-state index contributed by atoms with van der Waals surface area (Å²) in [5, 5.41) is 2.85. The van der Waals surface area contributed by atoms with Gasteiger partial charge in [-0.25, -0.2) is 13.1 Å². The normalized spacial score (nSPS) is 16.7. The Morgan fingerprint density at radius 3 is 2.70 bits per heavy atom. The summed E-state index contributed by atoms with van der Waals surface area (Å²) in [6.07, 6.45) is 2.71. The van der Waals surface area contributed by atoms with E-state index in [0.717, 1.165) is 12.8 Å². The number of hydrogen-bond acceptors (Lipinski definition) is 3. The third-order valence-corrected chi connectivity index (χ3v) is 4.88. The SMILES string of the molecule is CCC(C)NS(=O)(=O)c1cccc(C(=O)NC2CC2)c1. The fourth-order valence-corrected chi connectivity index (χ4v) is 3.09. The van der Waals surface area contributed by atoms with Crippen molar-refractivity contribution in [1.29, 1.82) is 0 Å². The first kappa shape index (κ1) is 15.0. The lowest BCUT2D eigenvalue weighted by Crippen LogP contribution is -2.32. The molecule has 20 heavy (non-hydrogen) atoms. The Morgan fingerprint density at radius 2 is 2.10 bits per heavy atom. The molecule has 1 unspecified atom stereocenters. The molecule has 0 bridgehead atoms. The molecule has 0 saturated heterocycles. The minimum Gasteiger partial charge on any atom is -0.349 e. The van der Waals surface area contributed by atoms with E-state index in [0.29, 0.717) is 12.0 Å². The largest absolute Gasteiger partial charge is 0.349 e. The number of benzene rings is 1. The highest BCUT2D eigenvalue weighted by molar-refractivity contribution is 7.89. The molecule has 0 spiro atoms. The van der Waals surface area contributed by atoms with Gasteiger partial charge in [0.05, 0.1) is 4.90 Å². The van der Waals surface area contributed by atoms with Crippen LogP contribution < -0.4 is 10.0 Å². The van der Waals surface area contributed by atoms with Gasteiger partial charge in [-0.1, -0.05) is 13.0 Å². The summed E-state index contributed by atoms with van der Waals surface area (Å²) in [6, 6.07) is 6.25. The van der Waals surface area contributed by atoms with E-state index in [-0.39, 0.29) is 22.9 Å². The van der Waals surface area contributed by atoms with E-state index in [2.05, 4.69) is 10.0 Å². The molecule has 0 aliphatic heterocycles. The number of amides is 1. The molecule has 5 nitrogen and oxygen atoms in total. The van der Waals surface area contributed by atoms with Gasteiger partial charge < -0.3 is 5.32 Å². The van der Waals surface area contributed by atoms with E-state index in [1.165, 1.54) is 12.1 Å². The zero-order chi connectivity index (χ0) is 14.8. The van der Waals surface area contributed by atoms with Gasteiger partial charge in [0.2, 0.25) is 10.0 Å². The Labute approximate surface area is 119 Å². The number of rotatable bonds is 6. The second kappa shape index (κ2) is 5.93. The van der Waals surface area contributed by atoms with Crippen molar-refractivity contribution in [3.63, 3.8) is 0 Å². The van der Waals surface area contributed by atoms with Crippen LogP contribution in [0.1, 0.15) is 43.5 Å². The number of nitrogens with one attached hydrogen (secondary N) is 2. The van der Waals surface area contributed by atoms with Gasteiger partial charge >= 0.3 is 0 Å². The Morgan fingerprint density at radius 1 is 1.40 bits per heavy atom. The van der Waals surface area contributed by atoms with Crippen LogP contribution in [0, 0.1) is 0 Å². The highest BCUT2D eigenvalue weighted by Crippen LogP contribution is 2.20. The molecule has 2 N–H and O–H groups in total. The molecule has 1 aliphatic rings. The molecule has 1 fully saturated rings. The molecular weight excluding hydrogens is 276 g/mol. The standard InChI is InChI=1S/C14H20N2O3S/c1-3-10(2)16-20(18,19)13-6-4-5-11(9-13)14(17)15-12-7-8-12/h4-6,9-10,12,16H,3,7-8H2,1-2H3,(H,15,17). The molecular formula is C14H20N2O3S. The van der Waals surface area contributed by atoms with Crippen molar-refractivity contribution in [2.45, 2.75) is 50.1 Å². The van der Waals surface area contributed by atoms with Crippen LogP contribution >= 0.6 is 0 Å². The van der Waals surface area contributed by atoms with Gasteiger partial charge in [0, 0.05) is 17.6 Å². The molecule has 1 atom stereocenters. The smallest absolute Gasteiger partial charge is 0.251 e. The summed E-state index contributed by atoms with van der Waals surface area (Å²) in [7, 11) is -3.57. The predicted octanol–water partition coefficient (Wildman–Crippen LogP) is 1.66. The topological polar surface area (TPSA) is 75.3 Å². The summed E-state index contributed by atoms with van der Waals surface area (Å²) < 4.78 is 26.9. The predicted molar refractivity (Wildman–Crippen MR) is 77.0 cm³/mol. The molecule has 0 radical (unpaired) electrons. The first-order chi connectivity index (χ1) is 9.42. The molecule has 0 aromatic heterocycles. The van der Waals surface area contributed by atoms with Crippen molar-refractivity contribution < 1.29 is 13.2 Å². The maximum absolute atomic E-state index is 12.2. The maximum atomic E-state index is 12.2. The van der Waals surface area contributed by atoms with Crippen molar-refractivity contribution in [3.8, 4) is 0 Å². The number of sulfonamides is 1. The second-order valence-corrected chi connectivity index (χ2v) is 6.92. The van der Waals surface area contributed by atoms with Crippen LogP contribution in [-0.2, 0) is 10.0 Å². The quantitative estimate of drug-likeness (QED) is 0.838. The minimum absolute atomic E-state index is 0.126. The molecule has 6 heteroatoms. The van der Waals surface area contributed by atoms with Gasteiger partial charge in [0.25, 0.3) is 5.91 Å². The molecule has 1 aromatic carbocycles. The Bertz CT molecular complexity index is 594. The Hall–Kier alpha value is -1.40. The molecule has 1 amide bonds. The highest BCUT2D eigenvalue weighted by atomic mass is 32.2. The van der Waals surface area contributed by atoms with Crippen molar-refractivity contribution in [1.82, 2.24) is 10.0 Å². The van der Waals surface area contributed by atoms with Crippen LogP contribution in [-0.4, -0.2) is 26.4 Å². The molecule has 110 valence electrons. The van der Waals surface area contributed by atoms with Crippen LogP contribution in [0.5, 0.6) is 0 Å². The van der Waals surface area contributed by atoms with Crippen molar-refractivity contribution in [2.24, 2.45) is 0 Å². The average Bonchev–Trinajstić information content (AvgIpc) is 3.22. The molecule has 1 aliphatic carbocycles. The second-order valence-electron chi connectivity index (χ2n) is 5.21. The number of hydrogen-bond donors (Lipinski definition) is 2. The summed E-state index contributed by atoms with van der Waals surface area (Å²) in [6.45, 7) is 3.72. The maximum Gasteiger partial charge on any atom is 0.251 e. The first-order valence-electron chi connectivity index (χ1n) is 6.85. The van der Waals surface area contributed by atoms with E-state index in [1.807, 2.05) is 6.92 Å². The van der Waals surface area contributed by atoms with Gasteiger partial charge in [-0.2, -0.15) is 0 Å². The van der Waals surface area contributed by atoms with E-state index >= 15 is 0 Å². The summed E-state index contributed by atoms with van der Waals surface area (Å²) in [5.74, 6) is -0.215. The zero-order valence-corrected chi connectivity index (χ0v) is 12.5. The van der Waals surface area contributed by atoms with Crippen molar-refractivity contribution >= 4 is 15.9 Å². The minimum atomic E-state index is -3.57.